The molecule has 76 valence electrons. The lowest BCUT2D eigenvalue weighted by molar-refractivity contribution is -0.385. The van der Waals surface area contributed by atoms with Crippen molar-refractivity contribution in [1.82, 2.24) is 0 Å². The van der Waals surface area contributed by atoms with Crippen molar-refractivity contribution < 1.29 is 9.72 Å². The number of nitriles is 1. The average molecular weight is 336 g/mol. The standard InChI is InChI=1S/C8H2ClIN2O3/c9-8(13)5-2-7(12(14)15)6(10)1-4(5)3-11/h1-2H. The zero-order valence-electron chi connectivity index (χ0n) is 7.03. The van der Waals surface area contributed by atoms with Gasteiger partial charge in [-0.1, -0.05) is 0 Å². The molecule has 0 spiro atoms. The van der Waals surface area contributed by atoms with Gasteiger partial charge in [0.05, 0.1) is 25.7 Å². The number of rotatable bonds is 2. The van der Waals surface area contributed by atoms with Crippen LogP contribution in [0.3, 0.4) is 0 Å². The van der Waals surface area contributed by atoms with Crippen LogP contribution in [0, 0.1) is 25.0 Å². The van der Waals surface area contributed by atoms with Gasteiger partial charge >= 0.3 is 0 Å². The number of nitro benzene ring substituents is 1. The monoisotopic (exact) mass is 336 g/mol. The first kappa shape index (κ1) is 11.9. The summed E-state index contributed by atoms with van der Waals surface area (Å²) in [4.78, 5) is 20.8. The van der Waals surface area contributed by atoms with Crippen LogP contribution in [0.1, 0.15) is 15.9 Å². The largest absolute Gasteiger partial charge is 0.283 e. The van der Waals surface area contributed by atoms with E-state index in [1.54, 1.807) is 28.7 Å². The maximum absolute atomic E-state index is 10.9. The van der Waals surface area contributed by atoms with Gasteiger partial charge in [0.15, 0.2) is 0 Å². The highest BCUT2D eigenvalue weighted by Gasteiger charge is 2.19. The van der Waals surface area contributed by atoms with E-state index in [0.717, 1.165) is 6.07 Å². The Labute approximate surface area is 103 Å². The van der Waals surface area contributed by atoms with Crippen LogP contribution < -0.4 is 0 Å². The molecule has 0 heterocycles. The third kappa shape index (κ3) is 2.43. The minimum Gasteiger partial charge on any atom is -0.276 e. The molecule has 0 atom stereocenters. The lowest BCUT2D eigenvalue weighted by atomic mass is 10.1. The van der Waals surface area contributed by atoms with Crippen molar-refractivity contribution in [2.24, 2.45) is 0 Å². The van der Waals surface area contributed by atoms with Gasteiger partial charge in [-0.2, -0.15) is 5.26 Å². The Balaban J connectivity index is 3.52. The number of halogens is 2. The van der Waals surface area contributed by atoms with Crippen molar-refractivity contribution in [2.45, 2.75) is 0 Å². The second-order valence-corrected chi connectivity index (χ2v) is 4.00. The molecule has 0 bridgehead atoms. The van der Waals surface area contributed by atoms with Crippen LogP contribution in [0.5, 0.6) is 0 Å². The smallest absolute Gasteiger partial charge is 0.276 e. The van der Waals surface area contributed by atoms with Gasteiger partial charge in [0.1, 0.15) is 0 Å². The molecule has 1 aromatic rings. The van der Waals surface area contributed by atoms with Crippen molar-refractivity contribution in [3.8, 4) is 6.07 Å². The third-order valence-electron chi connectivity index (χ3n) is 1.62. The van der Waals surface area contributed by atoms with Crippen LogP contribution in [0.2, 0.25) is 0 Å². The number of hydrogen-bond donors (Lipinski definition) is 0. The Hall–Kier alpha value is -1.20. The van der Waals surface area contributed by atoms with Gasteiger partial charge in [0, 0.05) is 6.07 Å². The fourth-order valence-corrected chi connectivity index (χ4v) is 1.78. The molecule has 0 saturated carbocycles. The molecule has 0 saturated heterocycles. The summed E-state index contributed by atoms with van der Waals surface area (Å²) < 4.78 is 0.288. The van der Waals surface area contributed by atoms with E-state index in [2.05, 4.69) is 0 Å². The van der Waals surface area contributed by atoms with Crippen LogP contribution >= 0.6 is 34.2 Å². The van der Waals surface area contributed by atoms with Crippen molar-refractivity contribution in [3.05, 3.63) is 36.9 Å². The summed E-state index contributed by atoms with van der Waals surface area (Å²) in [6, 6.07) is 4.02. The molecule has 1 aromatic carbocycles. The predicted octanol–water partition coefficient (Wildman–Crippen LogP) is 2.45. The van der Waals surface area contributed by atoms with Crippen molar-refractivity contribution in [2.75, 3.05) is 0 Å². The normalized spacial score (nSPS) is 9.40. The fourth-order valence-electron chi connectivity index (χ4n) is 0.957. The average Bonchev–Trinajstić information content (AvgIpc) is 2.16. The number of hydrogen-bond acceptors (Lipinski definition) is 4. The summed E-state index contributed by atoms with van der Waals surface area (Å²) in [6.45, 7) is 0. The number of nitro groups is 1. The van der Waals surface area contributed by atoms with Gasteiger partial charge in [-0.05, 0) is 40.3 Å². The summed E-state index contributed by atoms with van der Waals surface area (Å²) in [5.74, 6) is 0. The van der Waals surface area contributed by atoms with Crippen molar-refractivity contribution in [3.63, 3.8) is 0 Å². The Kier molecular flexibility index (Phi) is 3.60. The molecule has 0 unspecified atom stereocenters. The Morgan fingerprint density at radius 2 is 2.20 bits per heavy atom. The molecule has 0 aromatic heterocycles. The van der Waals surface area contributed by atoms with Crippen LogP contribution in [0.25, 0.3) is 0 Å². The molecular weight excluding hydrogens is 334 g/mol. The van der Waals surface area contributed by atoms with Gasteiger partial charge in [-0.25, -0.2) is 0 Å². The van der Waals surface area contributed by atoms with Crippen LogP contribution in [0.15, 0.2) is 12.1 Å². The summed E-state index contributed by atoms with van der Waals surface area (Å²) in [7, 11) is 0. The summed E-state index contributed by atoms with van der Waals surface area (Å²) in [5, 5.41) is 18.4. The zero-order chi connectivity index (χ0) is 11.6. The maximum Gasteiger partial charge on any atom is 0.283 e. The van der Waals surface area contributed by atoms with Gasteiger partial charge in [-0.3, -0.25) is 14.9 Å². The lowest BCUT2D eigenvalue weighted by Gasteiger charge is -2.00. The Morgan fingerprint density at radius 1 is 1.60 bits per heavy atom. The SMILES string of the molecule is N#Cc1cc(I)c([N+](=O)[O-])cc1C(=O)Cl. The number of benzene rings is 1. The Morgan fingerprint density at radius 3 is 2.60 bits per heavy atom. The molecule has 0 fully saturated rings. The van der Waals surface area contributed by atoms with Crippen molar-refractivity contribution in [1.29, 1.82) is 5.26 Å². The molecule has 1 rings (SSSR count). The first-order chi connectivity index (χ1) is 6.97. The van der Waals surface area contributed by atoms with Crippen LogP contribution in [0.4, 0.5) is 5.69 Å². The first-order valence-corrected chi connectivity index (χ1v) is 5.01. The maximum atomic E-state index is 10.9. The summed E-state index contributed by atoms with van der Waals surface area (Å²) >= 11 is 6.92. The highest BCUT2D eigenvalue weighted by molar-refractivity contribution is 14.1. The van der Waals surface area contributed by atoms with E-state index < -0.39 is 10.2 Å². The highest BCUT2D eigenvalue weighted by atomic mass is 127. The molecular formula is C8H2ClIN2O3. The minimum atomic E-state index is -0.883. The van der Waals surface area contributed by atoms with E-state index in [1.807, 2.05) is 0 Å². The van der Waals surface area contributed by atoms with E-state index in [9.17, 15) is 14.9 Å². The van der Waals surface area contributed by atoms with Gasteiger partial charge < -0.3 is 0 Å². The molecule has 0 aliphatic heterocycles. The zero-order valence-corrected chi connectivity index (χ0v) is 9.94. The van der Waals surface area contributed by atoms with Gasteiger partial charge in [-0.15, -0.1) is 0 Å². The molecule has 0 aliphatic rings. The topological polar surface area (TPSA) is 84.0 Å². The van der Waals surface area contributed by atoms with Gasteiger partial charge in [0.25, 0.3) is 10.9 Å². The van der Waals surface area contributed by atoms with E-state index in [0.29, 0.717) is 0 Å². The second-order valence-electron chi connectivity index (χ2n) is 2.49. The van der Waals surface area contributed by atoms with E-state index in [1.165, 1.54) is 6.07 Å². The van der Waals surface area contributed by atoms with E-state index in [-0.39, 0.29) is 20.4 Å². The quantitative estimate of drug-likeness (QED) is 0.359. The van der Waals surface area contributed by atoms with E-state index in [4.69, 9.17) is 16.9 Å². The summed E-state index contributed by atoms with van der Waals surface area (Å²) in [6.07, 6.45) is 0. The molecule has 0 radical (unpaired) electrons. The number of nitrogens with zero attached hydrogens (tertiary/aromatic N) is 2. The van der Waals surface area contributed by atoms with Gasteiger partial charge in [0.2, 0.25) is 0 Å². The van der Waals surface area contributed by atoms with Crippen LogP contribution in [-0.2, 0) is 0 Å². The molecule has 0 amide bonds. The summed E-state index contributed by atoms with van der Waals surface area (Å²) in [5.41, 5.74) is -0.352. The fraction of sp³-hybridized carbons (Fsp3) is 0. The van der Waals surface area contributed by atoms with E-state index >= 15 is 0 Å². The molecule has 15 heavy (non-hydrogen) atoms. The molecule has 0 N–H and O–H groups in total. The first-order valence-electron chi connectivity index (χ1n) is 3.55. The number of carbonyl (C=O) groups excluding carboxylic acids is 1. The third-order valence-corrected chi connectivity index (χ3v) is 2.68. The lowest BCUT2D eigenvalue weighted by Crippen LogP contribution is -1.99. The predicted molar refractivity (Wildman–Crippen MR) is 60.7 cm³/mol. The van der Waals surface area contributed by atoms with Crippen LogP contribution in [-0.4, -0.2) is 10.2 Å². The second kappa shape index (κ2) is 4.55. The minimum absolute atomic E-state index is 0.0324. The molecule has 0 aliphatic carbocycles. The van der Waals surface area contributed by atoms with Crippen molar-refractivity contribution >= 4 is 45.1 Å². The number of carbonyl (C=O) groups is 1. The Bertz CT molecular complexity index is 495. The molecule has 7 heteroatoms. The highest BCUT2D eigenvalue weighted by Crippen LogP contribution is 2.25. The molecule has 5 nitrogen and oxygen atoms in total.